The molecule has 0 atom stereocenters. The summed E-state index contributed by atoms with van der Waals surface area (Å²) < 4.78 is 32.5. The van der Waals surface area contributed by atoms with Crippen LogP contribution in [0.25, 0.3) is 0 Å². The summed E-state index contributed by atoms with van der Waals surface area (Å²) in [5, 5.41) is 0. The molecule has 0 aromatic heterocycles. The van der Waals surface area contributed by atoms with Crippen LogP contribution in [0.1, 0.15) is 23.2 Å². The van der Waals surface area contributed by atoms with E-state index in [1.807, 2.05) is 24.3 Å². The molecule has 0 spiro atoms. The maximum atomic E-state index is 12.5. The lowest BCUT2D eigenvalue weighted by atomic mass is 10.1. The Balaban J connectivity index is 1.50. The lowest BCUT2D eigenvalue weighted by molar-refractivity contribution is -0.139. The number of halogens is 1. The van der Waals surface area contributed by atoms with Gasteiger partial charge in [-0.3, -0.25) is 9.59 Å². The van der Waals surface area contributed by atoms with E-state index >= 15 is 0 Å². The number of carbonyl (C=O) groups is 2. The van der Waals surface area contributed by atoms with Crippen LogP contribution >= 0.6 is 27.7 Å². The van der Waals surface area contributed by atoms with Gasteiger partial charge in [0.2, 0.25) is 10.0 Å². The summed E-state index contributed by atoms with van der Waals surface area (Å²) in [6.07, 6.45) is 1.72. The van der Waals surface area contributed by atoms with Crippen molar-refractivity contribution >= 4 is 49.5 Å². The predicted octanol–water partition coefficient (Wildman–Crippen LogP) is 3.75. The number of rotatable bonds is 8. The number of benzene rings is 2. The van der Waals surface area contributed by atoms with Gasteiger partial charge >= 0.3 is 5.97 Å². The maximum Gasteiger partial charge on any atom is 0.316 e. The molecule has 2 aromatic carbocycles. The largest absolute Gasteiger partial charge is 0.457 e. The highest BCUT2D eigenvalue weighted by Gasteiger charge is 2.27. The van der Waals surface area contributed by atoms with E-state index in [-0.39, 0.29) is 23.0 Å². The number of hydrogen-bond acceptors (Lipinski definition) is 6. The van der Waals surface area contributed by atoms with E-state index in [2.05, 4.69) is 15.9 Å². The first kappa shape index (κ1) is 22.0. The van der Waals surface area contributed by atoms with Gasteiger partial charge in [-0.15, -0.1) is 11.8 Å². The third kappa shape index (κ3) is 5.91. The van der Waals surface area contributed by atoms with Crippen molar-refractivity contribution in [3.05, 3.63) is 58.6 Å². The highest BCUT2D eigenvalue weighted by molar-refractivity contribution is 9.10. The smallest absolute Gasteiger partial charge is 0.316 e. The fourth-order valence-corrected chi connectivity index (χ4v) is 5.31. The number of sulfonamides is 1. The van der Waals surface area contributed by atoms with Gasteiger partial charge < -0.3 is 4.74 Å². The topological polar surface area (TPSA) is 80.8 Å². The number of thioether (sulfide) groups is 1. The molecule has 1 fully saturated rings. The fourth-order valence-electron chi connectivity index (χ4n) is 2.83. The van der Waals surface area contributed by atoms with Crippen molar-refractivity contribution in [3.8, 4) is 0 Å². The molecular formula is C20H20BrNO5S2. The van der Waals surface area contributed by atoms with Gasteiger partial charge in [0.15, 0.2) is 12.4 Å². The summed E-state index contributed by atoms with van der Waals surface area (Å²) in [5.41, 5.74) is 0.304. The molecule has 0 radical (unpaired) electrons. The third-order valence-electron chi connectivity index (χ3n) is 4.41. The van der Waals surface area contributed by atoms with E-state index in [9.17, 15) is 18.0 Å². The molecule has 0 N–H and O–H groups in total. The Bertz CT molecular complexity index is 969. The second-order valence-electron chi connectivity index (χ2n) is 6.46. The zero-order chi connectivity index (χ0) is 20.9. The van der Waals surface area contributed by atoms with Gasteiger partial charge in [0.1, 0.15) is 0 Å². The van der Waals surface area contributed by atoms with Crippen LogP contribution in [0, 0.1) is 0 Å². The van der Waals surface area contributed by atoms with E-state index in [0.717, 1.165) is 22.2 Å². The highest BCUT2D eigenvalue weighted by Crippen LogP contribution is 2.22. The second kappa shape index (κ2) is 9.88. The molecule has 1 heterocycles. The molecule has 1 aliphatic rings. The lowest BCUT2D eigenvalue weighted by Crippen LogP contribution is -2.27. The van der Waals surface area contributed by atoms with E-state index in [1.54, 1.807) is 0 Å². The molecule has 0 amide bonds. The number of ether oxygens (including phenoxy) is 1. The summed E-state index contributed by atoms with van der Waals surface area (Å²) in [7, 11) is -3.51. The minimum absolute atomic E-state index is 0.0991. The number of Topliss-reactive ketones (excluding diaryl/α,β-unsaturated/α-hetero) is 1. The van der Waals surface area contributed by atoms with Crippen LogP contribution in [0.4, 0.5) is 0 Å². The molecule has 29 heavy (non-hydrogen) atoms. The van der Waals surface area contributed by atoms with Crippen molar-refractivity contribution in [1.82, 2.24) is 4.31 Å². The van der Waals surface area contributed by atoms with Crippen molar-refractivity contribution in [1.29, 1.82) is 0 Å². The minimum Gasteiger partial charge on any atom is -0.457 e. The predicted molar refractivity (Wildman–Crippen MR) is 115 cm³/mol. The van der Waals surface area contributed by atoms with Crippen LogP contribution in [0.2, 0.25) is 0 Å². The normalized spacial score (nSPS) is 14.7. The van der Waals surface area contributed by atoms with E-state index in [0.29, 0.717) is 18.7 Å². The molecule has 0 aliphatic carbocycles. The Morgan fingerprint density at radius 3 is 2.24 bits per heavy atom. The van der Waals surface area contributed by atoms with E-state index in [4.69, 9.17) is 4.74 Å². The zero-order valence-electron chi connectivity index (χ0n) is 15.5. The first-order chi connectivity index (χ1) is 13.9. The maximum absolute atomic E-state index is 12.5. The molecular weight excluding hydrogens is 478 g/mol. The van der Waals surface area contributed by atoms with Crippen molar-refractivity contribution in [2.45, 2.75) is 22.6 Å². The van der Waals surface area contributed by atoms with Gasteiger partial charge in [0.05, 0.1) is 10.6 Å². The molecule has 6 nitrogen and oxygen atoms in total. The second-order valence-corrected chi connectivity index (χ2v) is 10.4. The molecule has 1 aliphatic heterocycles. The first-order valence-electron chi connectivity index (χ1n) is 9.04. The Morgan fingerprint density at radius 1 is 1.00 bits per heavy atom. The molecule has 0 unspecified atom stereocenters. The summed E-state index contributed by atoms with van der Waals surface area (Å²) in [6, 6.07) is 13.3. The SMILES string of the molecule is O=C(CSc1ccc(Br)cc1)OCC(=O)c1ccc(S(=O)(=O)N2CCCC2)cc1. The molecule has 0 bridgehead atoms. The van der Waals surface area contributed by atoms with E-state index in [1.165, 1.54) is 40.3 Å². The molecule has 0 saturated carbocycles. The van der Waals surface area contributed by atoms with Crippen LogP contribution < -0.4 is 0 Å². The molecule has 154 valence electrons. The molecule has 3 rings (SSSR count). The Kier molecular flexibility index (Phi) is 7.50. The molecule has 9 heteroatoms. The van der Waals surface area contributed by atoms with Crippen LogP contribution in [0.3, 0.4) is 0 Å². The Morgan fingerprint density at radius 2 is 1.62 bits per heavy atom. The standard InChI is InChI=1S/C20H20BrNO5S2/c21-16-5-7-17(8-6-16)28-14-20(24)27-13-19(23)15-3-9-18(10-4-15)29(25,26)22-11-1-2-12-22/h3-10H,1-2,11-14H2. The van der Waals surface area contributed by atoms with Crippen molar-refractivity contribution in [2.24, 2.45) is 0 Å². The average molecular weight is 498 g/mol. The van der Waals surface area contributed by atoms with Gasteiger partial charge in [-0.1, -0.05) is 15.9 Å². The van der Waals surface area contributed by atoms with Crippen molar-refractivity contribution in [3.63, 3.8) is 0 Å². The van der Waals surface area contributed by atoms with Gasteiger partial charge in [0, 0.05) is 28.0 Å². The first-order valence-corrected chi connectivity index (χ1v) is 12.3. The lowest BCUT2D eigenvalue weighted by Gasteiger charge is -2.15. The van der Waals surface area contributed by atoms with Crippen LogP contribution in [0.15, 0.2) is 62.8 Å². The van der Waals surface area contributed by atoms with Gasteiger partial charge in [-0.25, -0.2) is 8.42 Å². The van der Waals surface area contributed by atoms with Crippen molar-refractivity contribution < 1.29 is 22.7 Å². The van der Waals surface area contributed by atoms with Gasteiger partial charge in [0.25, 0.3) is 0 Å². The minimum atomic E-state index is -3.51. The third-order valence-corrected chi connectivity index (χ3v) is 7.84. The zero-order valence-corrected chi connectivity index (χ0v) is 18.8. The Labute approximate surface area is 182 Å². The van der Waals surface area contributed by atoms with Crippen LogP contribution in [-0.4, -0.2) is 49.9 Å². The summed E-state index contributed by atoms with van der Waals surface area (Å²) in [6.45, 7) is 0.673. The Hall–Kier alpha value is -1.68. The quantitative estimate of drug-likeness (QED) is 0.313. The number of ketones is 1. The van der Waals surface area contributed by atoms with Gasteiger partial charge in [-0.2, -0.15) is 4.31 Å². The summed E-state index contributed by atoms with van der Waals surface area (Å²) in [4.78, 5) is 25.2. The summed E-state index contributed by atoms with van der Waals surface area (Å²) >= 11 is 4.67. The highest BCUT2D eigenvalue weighted by atomic mass is 79.9. The monoisotopic (exact) mass is 497 g/mol. The number of nitrogens with zero attached hydrogens (tertiary/aromatic N) is 1. The molecule has 1 saturated heterocycles. The van der Waals surface area contributed by atoms with Crippen molar-refractivity contribution in [2.75, 3.05) is 25.4 Å². The van der Waals surface area contributed by atoms with Gasteiger partial charge in [-0.05, 0) is 61.4 Å². The number of carbonyl (C=O) groups excluding carboxylic acids is 2. The fraction of sp³-hybridized carbons (Fsp3) is 0.300. The molecule has 2 aromatic rings. The average Bonchev–Trinajstić information content (AvgIpc) is 3.27. The number of esters is 1. The number of hydrogen-bond donors (Lipinski definition) is 0. The van der Waals surface area contributed by atoms with E-state index < -0.39 is 16.0 Å². The van der Waals surface area contributed by atoms with Crippen LogP contribution in [-0.2, 0) is 19.6 Å². The summed E-state index contributed by atoms with van der Waals surface area (Å²) in [5.74, 6) is -0.765. The van der Waals surface area contributed by atoms with Crippen LogP contribution in [0.5, 0.6) is 0 Å².